The van der Waals surface area contributed by atoms with Crippen molar-refractivity contribution in [3.05, 3.63) is 59.2 Å². The number of anilines is 2. The fourth-order valence-electron chi connectivity index (χ4n) is 4.11. The molecule has 27 heavy (non-hydrogen) atoms. The van der Waals surface area contributed by atoms with Gasteiger partial charge in [0.05, 0.1) is 6.04 Å². The van der Waals surface area contributed by atoms with Crippen LogP contribution in [0.1, 0.15) is 42.9 Å². The number of fused-ring (bicyclic) bond motifs is 1. The maximum Gasteiger partial charge on any atom is 0.319 e. The Bertz CT molecular complexity index is 826. The van der Waals surface area contributed by atoms with Crippen LogP contribution in [-0.4, -0.2) is 19.1 Å². The van der Waals surface area contributed by atoms with Crippen LogP contribution in [0.3, 0.4) is 0 Å². The maximum atomic E-state index is 14.4. The molecular formula is C21H23F2N3O. The molecule has 1 fully saturated rings. The number of halogens is 2. The van der Waals surface area contributed by atoms with Gasteiger partial charge in [0.15, 0.2) is 11.6 Å². The molecule has 2 aromatic carbocycles. The highest BCUT2D eigenvalue weighted by atomic mass is 19.1. The van der Waals surface area contributed by atoms with Crippen molar-refractivity contribution in [1.29, 1.82) is 0 Å². The summed E-state index contributed by atoms with van der Waals surface area (Å²) in [5.41, 5.74) is 2.47. The molecule has 0 radical (unpaired) electrons. The number of hydrogen-bond donors (Lipinski definition) is 2. The Morgan fingerprint density at radius 2 is 1.74 bits per heavy atom. The molecule has 1 atom stereocenters. The summed E-state index contributed by atoms with van der Waals surface area (Å²) in [5.74, 6) is -1.29. The molecule has 1 aliphatic carbocycles. The zero-order valence-corrected chi connectivity index (χ0v) is 15.1. The third kappa shape index (κ3) is 3.75. The lowest BCUT2D eigenvalue weighted by molar-refractivity contribution is 0.247. The Balaban J connectivity index is 1.46. The van der Waals surface area contributed by atoms with Crippen molar-refractivity contribution in [2.24, 2.45) is 0 Å². The number of carbonyl (C=O) groups excluding carboxylic acids is 1. The molecule has 0 spiro atoms. The number of nitrogens with zero attached hydrogens (tertiary/aromatic N) is 1. The summed E-state index contributed by atoms with van der Waals surface area (Å²) in [7, 11) is 0. The van der Waals surface area contributed by atoms with E-state index in [0.717, 1.165) is 37.7 Å². The van der Waals surface area contributed by atoms with Gasteiger partial charge < -0.3 is 15.5 Å². The van der Waals surface area contributed by atoms with Gasteiger partial charge in [0.1, 0.15) is 5.69 Å². The molecule has 0 bridgehead atoms. The number of rotatable bonds is 3. The lowest BCUT2D eigenvalue weighted by atomic mass is 9.88. The number of urea groups is 1. The Morgan fingerprint density at radius 1 is 1.04 bits per heavy atom. The summed E-state index contributed by atoms with van der Waals surface area (Å²) in [6, 6.07) is 9.87. The van der Waals surface area contributed by atoms with E-state index in [4.69, 9.17) is 0 Å². The molecule has 4 nitrogen and oxygen atoms in total. The molecule has 2 N–H and O–H groups in total. The van der Waals surface area contributed by atoms with Crippen LogP contribution in [0.25, 0.3) is 0 Å². The van der Waals surface area contributed by atoms with Gasteiger partial charge in [-0.25, -0.2) is 13.6 Å². The molecule has 2 amide bonds. The highest BCUT2D eigenvalue weighted by Crippen LogP contribution is 2.31. The zero-order valence-electron chi connectivity index (χ0n) is 15.1. The SMILES string of the molecule is O=C(Nc1cc(F)c(N2CCCC2)c(F)c1)N[C@@H]1CCCc2ccccc21. The average Bonchev–Trinajstić information content (AvgIpc) is 3.15. The van der Waals surface area contributed by atoms with Gasteiger partial charge in [0, 0.05) is 18.8 Å². The molecule has 4 rings (SSSR count). The number of aryl methyl sites for hydroxylation is 1. The van der Waals surface area contributed by atoms with E-state index in [9.17, 15) is 13.6 Å². The van der Waals surface area contributed by atoms with Gasteiger partial charge >= 0.3 is 6.03 Å². The smallest absolute Gasteiger partial charge is 0.319 e. The lowest BCUT2D eigenvalue weighted by Crippen LogP contribution is -2.34. The normalized spacial score (nSPS) is 18.9. The minimum Gasteiger partial charge on any atom is -0.367 e. The van der Waals surface area contributed by atoms with Crippen LogP contribution in [-0.2, 0) is 6.42 Å². The van der Waals surface area contributed by atoms with Crippen LogP contribution in [0.2, 0.25) is 0 Å². The summed E-state index contributed by atoms with van der Waals surface area (Å²) in [5, 5.41) is 5.50. The van der Waals surface area contributed by atoms with E-state index in [1.54, 1.807) is 4.90 Å². The van der Waals surface area contributed by atoms with Crippen molar-refractivity contribution in [1.82, 2.24) is 5.32 Å². The summed E-state index contributed by atoms with van der Waals surface area (Å²) in [6.45, 7) is 1.31. The molecule has 1 heterocycles. The predicted molar refractivity (Wildman–Crippen MR) is 102 cm³/mol. The average molecular weight is 371 g/mol. The van der Waals surface area contributed by atoms with Crippen molar-refractivity contribution >= 4 is 17.4 Å². The van der Waals surface area contributed by atoms with E-state index < -0.39 is 17.7 Å². The van der Waals surface area contributed by atoms with Crippen LogP contribution in [0, 0.1) is 11.6 Å². The van der Waals surface area contributed by atoms with Crippen LogP contribution < -0.4 is 15.5 Å². The van der Waals surface area contributed by atoms with Gasteiger partial charge in [0.25, 0.3) is 0 Å². The van der Waals surface area contributed by atoms with Crippen LogP contribution in [0.15, 0.2) is 36.4 Å². The van der Waals surface area contributed by atoms with E-state index in [2.05, 4.69) is 16.7 Å². The molecule has 1 aliphatic heterocycles. The monoisotopic (exact) mass is 371 g/mol. The standard InChI is InChI=1S/C21H23F2N3O/c22-17-12-15(13-18(23)20(17)26-10-3-4-11-26)24-21(27)25-19-9-5-7-14-6-1-2-8-16(14)19/h1-2,6,8,12-13,19H,3-5,7,9-11H2,(H2,24,25,27)/t19-/m1/s1. The summed E-state index contributed by atoms with van der Waals surface area (Å²) in [4.78, 5) is 14.1. The molecule has 2 aromatic rings. The number of nitrogens with one attached hydrogen (secondary N) is 2. The summed E-state index contributed by atoms with van der Waals surface area (Å²) >= 11 is 0. The Hall–Kier alpha value is -2.63. The molecule has 0 saturated carbocycles. The third-order valence-electron chi connectivity index (χ3n) is 5.37. The quantitative estimate of drug-likeness (QED) is 0.817. The highest BCUT2D eigenvalue weighted by Gasteiger charge is 2.23. The molecular weight excluding hydrogens is 348 g/mol. The van der Waals surface area contributed by atoms with Gasteiger partial charge in [0.2, 0.25) is 0 Å². The van der Waals surface area contributed by atoms with Gasteiger partial charge in [-0.05, 0) is 55.4 Å². The van der Waals surface area contributed by atoms with Crippen molar-refractivity contribution in [3.63, 3.8) is 0 Å². The molecule has 6 heteroatoms. The van der Waals surface area contributed by atoms with Crippen molar-refractivity contribution < 1.29 is 13.6 Å². The predicted octanol–water partition coefficient (Wildman–Crippen LogP) is 4.76. The molecule has 0 unspecified atom stereocenters. The number of carbonyl (C=O) groups is 1. The van der Waals surface area contributed by atoms with Crippen LogP contribution >= 0.6 is 0 Å². The van der Waals surface area contributed by atoms with E-state index >= 15 is 0 Å². The van der Waals surface area contributed by atoms with Crippen molar-refractivity contribution in [3.8, 4) is 0 Å². The second kappa shape index (κ2) is 7.55. The third-order valence-corrected chi connectivity index (χ3v) is 5.37. The fraction of sp³-hybridized carbons (Fsp3) is 0.381. The first-order valence-electron chi connectivity index (χ1n) is 9.51. The first kappa shape index (κ1) is 17.8. The van der Waals surface area contributed by atoms with Crippen molar-refractivity contribution in [2.45, 2.75) is 38.1 Å². The molecule has 1 saturated heterocycles. The van der Waals surface area contributed by atoms with Gasteiger partial charge in [-0.2, -0.15) is 0 Å². The largest absolute Gasteiger partial charge is 0.367 e. The number of amides is 2. The van der Waals surface area contributed by atoms with E-state index in [-0.39, 0.29) is 17.4 Å². The van der Waals surface area contributed by atoms with Crippen LogP contribution in [0.4, 0.5) is 25.0 Å². The van der Waals surface area contributed by atoms with Crippen molar-refractivity contribution in [2.75, 3.05) is 23.3 Å². The minimum atomic E-state index is -0.643. The number of benzene rings is 2. The Kier molecular flexibility index (Phi) is 4.97. The lowest BCUT2D eigenvalue weighted by Gasteiger charge is -2.26. The second-order valence-corrected chi connectivity index (χ2v) is 7.22. The minimum absolute atomic E-state index is 0.000309. The summed E-state index contributed by atoms with van der Waals surface area (Å²) < 4.78 is 28.8. The highest BCUT2D eigenvalue weighted by molar-refractivity contribution is 5.90. The molecule has 0 aromatic heterocycles. The zero-order chi connectivity index (χ0) is 18.8. The van der Waals surface area contributed by atoms with Crippen LogP contribution in [0.5, 0.6) is 0 Å². The first-order valence-corrected chi connectivity index (χ1v) is 9.51. The summed E-state index contributed by atoms with van der Waals surface area (Å²) in [6.07, 6.45) is 4.72. The first-order chi connectivity index (χ1) is 13.1. The molecule has 2 aliphatic rings. The van der Waals surface area contributed by atoms with Gasteiger partial charge in [-0.1, -0.05) is 24.3 Å². The maximum absolute atomic E-state index is 14.4. The topological polar surface area (TPSA) is 44.4 Å². The van der Waals surface area contributed by atoms with E-state index in [1.807, 2.05) is 18.2 Å². The molecule has 142 valence electrons. The second-order valence-electron chi connectivity index (χ2n) is 7.22. The Morgan fingerprint density at radius 3 is 2.48 bits per heavy atom. The fourth-order valence-corrected chi connectivity index (χ4v) is 4.11. The van der Waals surface area contributed by atoms with E-state index in [1.165, 1.54) is 17.7 Å². The van der Waals surface area contributed by atoms with Gasteiger partial charge in [-0.3, -0.25) is 0 Å². The Labute approximate surface area is 157 Å². The van der Waals surface area contributed by atoms with Gasteiger partial charge in [-0.15, -0.1) is 0 Å². The van der Waals surface area contributed by atoms with E-state index in [0.29, 0.717) is 13.1 Å². The number of hydrogen-bond acceptors (Lipinski definition) is 2.